The highest BCUT2D eigenvalue weighted by molar-refractivity contribution is 5.78. The van der Waals surface area contributed by atoms with E-state index in [9.17, 15) is 9.90 Å². The van der Waals surface area contributed by atoms with Gasteiger partial charge in [0.1, 0.15) is 0 Å². The molecule has 0 aromatic rings. The molecule has 1 aliphatic carbocycles. The van der Waals surface area contributed by atoms with E-state index in [-0.39, 0.29) is 18.4 Å². The van der Waals surface area contributed by atoms with Gasteiger partial charge in [0.05, 0.1) is 12.7 Å². The predicted octanol–water partition coefficient (Wildman–Crippen LogP) is 1.28. The molecular weight excluding hydrogens is 218 g/mol. The van der Waals surface area contributed by atoms with E-state index in [1.165, 1.54) is 0 Å². The van der Waals surface area contributed by atoms with Crippen LogP contribution in [-0.2, 0) is 9.53 Å². The number of ether oxygens (including phenoxy) is 1. The molecule has 1 atom stereocenters. The van der Waals surface area contributed by atoms with Gasteiger partial charge < -0.3 is 14.7 Å². The van der Waals surface area contributed by atoms with Crippen molar-refractivity contribution in [3.8, 4) is 0 Å². The Morgan fingerprint density at radius 1 is 1.41 bits per heavy atom. The molecule has 0 aromatic carbocycles. The van der Waals surface area contributed by atoms with Gasteiger partial charge in [-0.1, -0.05) is 6.92 Å². The number of carbonyl (C=O) groups excluding carboxylic acids is 1. The second-order valence-corrected chi connectivity index (χ2v) is 5.28. The van der Waals surface area contributed by atoms with E-state index in [2.05, 4.69) is 6.92 Å². The summed E-state index contributed by atoms with van der Waals surface area (Å²) in [5, 5.41) is 9.59. The number of hydrogen-bond donors (Lipinski definition) is 1. The van der Waals surface area contributed by atoms with Crippen LogP contribution in [0.3, 0.4) is 0 Å². The molecule has 1 amide bonds. The third kappa shape index (κ3) is 4.64. The van der Waals surface area contributed by atoms with Crippen molar-refractivity contribution in [2.24, 2.45) is 11.8 Å². The van der Waals surface area contributed by atoms with Crippen molar-refractivity contribution < 1.29 is 14.6 Å². The van der Waals surface area contributed by atoms with Gasteiger partial charge >= 0.3 is 0 Å². The van der Waals surface area contributed by atoms with Gasteiger partial charge in [-0.25, -0.2) is 0 Å². The van der Waals surface area contributed by atoms with Gasteiger partial charge in [0.15, 0.2) is 0 Å². The van der Waals surface area contributed by atoms with Crippen molar-refractivity contribution in [2.75, 3.05) is 27.3 Å². The van der Waals surface area contributed by atoms with Crippen LogP contribution in [0.1, 0.15) is 32.6 Å². The summed E-state index contributed by atoms with van der Waals surface area (Å²) in [6, 6.07) is 0. The van der Waals surface area contributed by atoms with Crippen molar-refractivity contribution >= 4 is 5.91 Å². The Hall–Kier alpha value is -0.610. The quantitative estimate of drug-likeness (QED) is 0.791. The van der Waals surface area contributed by atoms with Crippen molar-refractivity contribution in [3.05, 3.63) is 0 Å². The van der Waals surface area contributed by atoms with Crippen LogP contribution in [0.2, 0.25) is 0 Å². The number of carbonyl (C=O) groups is 1. The number of likely N-dealkylation sites (N-methyl/N-ethyl adjacent to an activating group) is 1. The molecule has 17 heavy (non-hydrogen) atoms. The van der Waals surface area contributed by atoms with Gasteiger partial charge in [-0.3, -0.25) is 4.79 Å². The molecule has 4 nitrogen and oxygen atoms in total. The van der Waals surface area contributed by atoms with Crippen LogP contribution in [0.5, 0.6) is 0 Å². The lowest BCUT2D eigenvalue weighted by atomic mass is 9.82. The molecule has 1 fully saturated rings. The van der Waals surface area contributed by atoms with Crippen molar-refractivity contribution in [1.29, 1.82) is 0 Å². The Morgan fingerprint density at radius 2 is 2.00 bits per heavy atom. The Morgan fingerprint density at radius 3 is 2.53 bits per heavy atom. The van der Waals surface area contributed by atoms with Crippen LogP contribution >= 0.6 is 0 Å². The molecule has 1 unspecified atom stereocenters. The fourth-order valence-electron chi connectivity index (χ4n) is 2.47. The fourth-order valence-corrected chi connectivity index (χ4v) is 2.47. The largest absolute Gasteiger partial charge is 0.389 e. The van der Waals surface area contributed by atoms with Crippen molar-refractivity contribution in [1.82, 2.24) is 4.90 Å². The van der Waals surface area contributed by atoms with Crippen LogP contribution in [0.4, 0.5) is 0 Å². The van der Waals surface area contributed by atoms with E-state index in [0.29, 0.717) is 6.54 Å². The van der Waals surface area contributed by atoms with E-state index >= 15 is 0 Å². The fraction of sp³-hybridized carbons (Fsp3) is 0.923. The summed E-state index contributed by atoms with van der Waals surface area (Å²) in [7, 11) is 3.31. The molecule has 0 radical (unpaired) electrons. The molecule has 1 rings (SSSR count). The summed E-state index contributed by atoms with van der Waals surface area (Å²) >= 11 is 0. The maximum absolute atomic E-state index is 12.1. The molecule has 0 heterocycles. The van der Waals surface area contributed by atoms with E-state index < -0.39 is 6.10 Å². The number of rotatable bonds is 5. The van der Waals surface area contributed by atoms with Gasteiger partial charge in [0.25, 0.3) is 0 Å². The zero-order valence-electron chi connectivity index (χ0n) is 11.2. The highest BCUT2D eigenvalue weighted by Gasteiger charge is 2.27. The second kappa shape index (κ2) is 6.97. The topological polar surface area (TPSA) is 49.8 Å². The number of hydrogen-bond acceptors (Lipinski definition) is 3. The first kappa shape index (κ1) is 14.5. The molecule has 0 aromatic heterocycles. The molecule has 0 spiro atoms. The minimum absolute atomic E-state index is 0.158. The SMILES string of the molecule is COCC(O)CN(C)C(=O)C1CCC(C)CC1. The third-order valence-corrected chi connectivity index (χ3v) is 3.58. The van der Waals surface area contributed by atoms with Crippen LogP contribution in [0.15, 0.2) is 0 Å². The summed E-state index contributed by atoms with van der Waals surface area (Å²) in [5.74, 6) is 1.08. The molecular formula is C13H25NO3. The molecule has 1 saturated carbocycles. The first-order chi connectivity index (χ1) is 8.04. The molecule has 1 N–H and O–H groups in total. The highest BCUT2D eigenvalue weighted by atomic mass is 16.5. The molecule has 0 aliphatic heterocycles. The van der Waals surface area contributed by atoms with Gasteiger partial charge in [-0.15, -0.1) is 0 Å². The van der Waals surface area contributed by atoms with Crippen LogP contribution < -0.4 is 0 Å². The maximum atomic E-state index is 12.1. The molecule has 0 bridgehead atoms. The number of methoxy groups -OCH3 is 1. The summed E-state index contributed by atoms with van der Waals surface area (Å²) < 4.78 is 4.86. The maximum Gasteiger partial charge on any atom is 0.225 e. The standard InChI is InChI=1S/C13H25NO3/c1-10-4-6-11(7-5-10)13(16)14(2)8-12(15)9-17-3/h10-12,15H,4-9H2,1-3H3. The zero-order chi connectivity index (χ0) is 12.8. The molecule has 4 heteroatoms. The first-order valence-electron chi connectivity index (χ1n) is 6.46. The minimum atomic E-state index is -0.587. The van der Waals surface area contributed by atoms with Crippen molar-refractivity contribution in [2.45, 2.75) is 38.7 Å². The average molecular weight is 243 g/mol. The minimum Gasteiger partial charge on any atom is -0.389 e. The van der Waals surface area contributed by atoms with Gasteiger partial charge in [0.2, 0.25) is 5.91 Å². The predicted molar refractivity (Wildman–Crippen MR) is 66.6 cm³/mol. The average Bonchev–Trinajstić information content (AvgIpc) is 2.29. The number of amides is 1. The van der Waals surface area contributed by atoms with Gasteiger partial charge in [0, 0.05) is 26.6 Å². The first-order valence-corrected chi connectivity index (χ1v) is 6.46. The lowest BCUT2D eigenvalue weighted by Crippen LogP contribution is -2.40. The summed E-state index contributed by atoms with van der Waals surface area (Å²) in [6.45, 7) is 2.88. The van der Waals surface area contributed by atoms with E-state index in [1.807, 2.05) is 0 Å². The van der Waals surface area contributed by atoms with E-state index in [4.69, 9.17) is 4.74 Å². The highest BCUT2D eigenvalue weighted by Crippen LogP contribution is 2.29. The molecule has 0 saturated heterocycles. The second-order valence-electron chi connectivity index (χ2n) is 5.28. The van der Waals surface area contributed by atoms with Crippen molar-refractivity contribution in [3.63, 3.8) is 0 Å². The Labute approximate surface area is 104 Å². The molecule has 1 aliphatic rings. The van der Waals surface area contributed by atoms with Crippen LogP contribution in [0.25, 0.3) is 0 Å². The Bertz CT molecular complexity index is 237. The smallest absolute Gasteiger partial charge is 0.225 e. The van der Waals surface area contributed by atoms with Gasteiger partial charge in [-0.2, -0.15) is 0 Å². The zero-order valence-corrected chi connectivity index (χ0v) is 11.2. The summed E-state index contributed by atoms with van der Waals surface area (Å²) in [4.78, 5) is 13.8. The summed E-state index contributed by atoms with van der Waals surface area (Å²) in [5.41, 5.74) is 0. The van der Waals surface area contributed by atoms with Crippen LogP contribution in [0, 0.1) is 11.8 Å². The van der Waals surface area contributed by atoms with E-state index in [0.717, 1.165) is 31.6 Å². The Balaban J connectivity index is 2.35. The third-order valence-electron chi connectivity index (χ3n) is 3.58. The lowest BCUT2D eigenvalue weighted by Gasteiger charge is -2.29. The number of aliphatic hydroxyl groups excluding tert-OH is 1. The molecule has 100 valence electrons. The van der Waals surface area contributed by atoms with E-state index in [1.54, 1.807) is 19.1 Å². The van der Waals surface area contributed by atoms with Gasteiger partial charge in [-0.05, 0) is 31.6 Å². The normalized spacial score (nSPS) is 26.6. The Kier molecular flexibility index (Phi) is 5.92. The number of aliphatic hydroxyl groups is 1. The summed E-state index contributed by atoms with van der Waals surface area (Å²) in [6.07, 6.45) is 3.68. The number of nitrogens with zero attached hydrogens (tertiary/aromatic N) is 1. The lowest BCUT2D eigenvalue weighted by molar-refractivity contribution is -0.137. The van der Waals surface area contributed by atoms with Crippen LogP contribution in [-0.4, -0.2) is 49.3 Å². The monoisotopic (exact) mass is 243 g/mol.